The molecule has 1 aromatic heterocycles. The first kappa shape index (κ1) is 14.5. The number of H-pyrrole nitrogens is 1. The summed E-state index contributed by atoms with van der Waals surface area (Å²) in [6, 6.07) is -0.152. The molecule has 3 atom stereocenters. The molecule has 0 aromatic carbocycles. The lowest BCUT2D eigenvalue weighted by Crippen LogP contribution is -2.46. The molecule has 0 radical (unpaired) electrons. The maximum atomic E-state index is 11.9. The van der Waals surface area contributed by atoms with E-state index in [4.69, 9.17) is 9.47 Å². The Kier molecular flexibility index (Phi) is 4.21. The van der Waals surface area contributed by atoms with Gasteiger partial charge in [0.1, 0.15) is 24.1 Å². The van der Waals surface area contributed by atoms with Crippen molar-refractivity contribution in [3.8, 4) is 0 Å². The van der Waals surface area contributed by atoms with Crippen LogP contribution in [-0.4, -0.2) is 57.9 Å². The molecule has 0 unspecified atom stereocenters. The molecule has 1 aromatic rings. The first-order valence-electron chi connectivity index (χ1n) is 7.64. The zero-order chi connectivity index (χ0) is 14.8. The largest absolute Gasteiger partial charge is 0.461 e. The van der Waals surface area contributed by atoms with Crippen LogP contribution in [0, 0.1) is 0 Å². The molecule has 2 aliphatic rings. The number of ether oxygens (including phenoxy) is 2. The van der Waals surface area contributed by atoms with Gasteiger partial charge in [0.25, 0.3) is 0 Å². The minimum Gasteiger partial charge on any atom is -0.461 e. The van der Waals surface area contributed by atoms with E-state index in [1.165, 1.54) is 0 Å². The number of esters is 1. The zero-order valence-electron chi connectivity index (χ0n) is 12.5. The second kappa shape index (κ2) is 6.11. The predicted octanol–water partition coefficient (Wildman–Crippen LogP) is 0.834. The minimum absolute atomic E-state index is 0.00320. The lowest BCUT2D eigenvalue weighted by Gasteiger charge is -2.33. The summed E-state index contributed by atoms with van der Waals surface area (Å²) in [5.41, 5.74) is 0. The van der Waals surface area contributed by atoms with Gasteiger partial charge in [0, 0.05) is 25.9 Å². The van der Waals surface area contributed by atoms with E-state index in [-0.39, 0.29) is 24.2 Å². The summed E-state index contributed by atoms with van der Waals surface area (Å²) in [6.45, 7) is 6.00. The molecule has 2 aliphatic heterocycles. The molecule has 0 bridgehead atoms. The van der Waals surface area contributed by atoms with Crippen LogP contribution in [0.4, 0.5) is 0 Å². The second-order valence-electron chi connectivity index (χ2n) is 5.74. The van der Waals surface area contributed by atoms with Crippen LogP contribution < -0.4 is 0 Å². The van der Waals surface area contributed by atoms with Gasteiger partial charge in [-0.25, -0.2) is 4.98 Å². The van der Waals surface area contributed by atoms with E-state index < -0.39 is 0 Å². The number of hydrogen-bond acceptors (Lipinski definition) is 6. The fraction of sp³-hybridized carbons (Fsp3) is 0.786. The van der Waals surface area contributed by atoms with Crippen LogP contribution in [0.1, 0.15) is 44.4 Å². The molecule has 2 fully saturated rings. The molecule has 1 N–H and O–H groups in total. The number of cyclic esters (lactones) is 1. The van der Waals surface area contributed by atoms with Gasteiger partial charge in [-0.1, -0.05) is 6.92 Å². The van der Waals surface area contributed by atoms with Gasteiger partial charge < -0.3 is 9.47 Å². The zero-order valence-corrected chi connectivity index (χ0v) is 12.5. The van der Waals surface area contributed by atoms with Gasteiger partial charge in [-0.3, -0.25) is 14.8 Å². The number of nitrogens with one attached hydrogen (secondary N) is 1. The van der Waals surface area contributed by atoms with Crippen molar-refractivity contribution in [2.45, 2.75) is 51.4 Å². The van der Waals surface area contributed by atoms with Crippen LogP contribution >= 0.6 is 0 Å². The molecule has 0 amide bonds. The summed E-state index contributed by atoms with van der Waals surface area (Å²) in [6.07, 6.45) is 2.49. The number of aromatic nitrogens is 3. The molecular weight excluding hydrogens is 272 g/mol. The van der Waals surface area contributed by atoms with Crippen LogP contribution in [0.3, 0.4) is 0 Å². The fourth-order valence-corrected chi connectivity index (χ4v) is 2.94. The third-order valence-electron chi connectivity index (χ3n) is 4.01. The lowest BCUT2D eigenvalue weighted by molar-refractivity contribution is -0.147. The second-order valence-corrected chi connectivity index (χ2v) is 5.74. The average molecular weight is 294 g/mol. The molecule has 7 nitrogen and oxygen atoms in total. The number of nitrogens with zero attached hydrogens (tertiary/aromatic N) is 3. The van der Waals surface area contributed by atoms with E-state index in [1.807, 2.05) is 6.92 Å². The van der Waals surface area contributed by atoms with Gasteiger partial charge in [0.2, 0.25) is 0 Å². The third kappa shape index (κ3) is 3.08. The van der Waals surface area contributed by atoms with E-state index >= 15 is 0 Å². The number of aryl methyl sites for hydroxylation is 1. The van der Waals surface area contributed by atoms with Gasteiger partial charge in [0.05, 0.1) is 6.61 Å². The van der Waals surface area contributed by atoms with Gasteiger partial charge in [0.15, 0.2) is 5.82 Å². The van der Waals surface area contributed by atoms with Crippen LogP contribution in [0.2, 0.25) is 0 Å². The SMILES string of the molecule is CCCc1nc([C@@H]2CN([C@H]3C[C@H](C)OC3=O)CCO2)n[nH]1. The smallest absolute Gasteiger partial charge is 0.323 e. The highest BCUT2D eigenvalue weighted by Crippen LogP contribution is 2.26. The normalized spacial score (nSPS) is 30.6. The summed E-state index contributed by atoms with van der Waals surface area (Å²) in [4.78, 5) is 18.5. The molecule has 7 heteroatoms. The van der Waals surface area contributed by atoms with Gasteiger partial charge in [-0.2, -0.15) is 5.10 Å². The van der Waals surface area contributed by atoms with E-state index in [9.17, 15) is 4.79 Å². The highest BCUT2D eigenvalue weighted by Gasteiger charge is 2.39. The number of hydrogen-bond donors (Lipinski definition) is 1. The van der Waals surface area contributed by atoms with Crippen LogP contribution in [-0.2, 0) is 20.7 Å². The Hall–Kier alpha value is -1.47. The van der Waals surface area contributed by atoms with E-state index in [0.29, 0.717) is 19.0 Å². The first-order valence-corrected chi connectivity index (χ1v) is 7.64. The van der Waals surface area contributed by atoms with Crippen molar-refractivity contribution in [1.82, 2.24) is 20.1 Å². The average Bonchev–Trinajstić information content (AvgIpc) is 3.06. The van der Waals surface area contributed by atoms with E-state index in [0.717, 1.165) is 31.6 Å². The molecule has 21 heavy (non-hydrogen) atoms. The highest BCUT2D eigenvalue weighted by molar-refractivity contribution is 5.78. The van der Waals surface area contributed by atoms with Gasteiger partial charge >= 0.3 is 5.97 Å². The molecule has 116 valence electrons. The number of aromatic amines is 1. The van der Waals surface area contributed by atoms with Crippen molar-refractivity contribution in [1.29, 1.82) is 0 Å². The van der Waals surface area contributed by atoms with Crippen LogP contribution in [0.5, 0.6) is 0 Å². The topological polar surface area (TPSA) is 80.3 Å². The summed E-state index contributed by atoms with van der Waals surface area (Å²) < 4.78 is 11.0. The highest BCUT2D eigenvalue weighted by atomic mass is 16.6. The summed E-state index contributed by atoms with van der Waals surface area (Å²) in [5.74, 6) is 1.45. The third-order valence-corrected chi connectivity index (χ3v) is 4.01. The van der Waals surface area contributed by atoms with E-state index in [2.05, 4.69) is 27.0 Å². The Morgan fingerprint density at radius 1 is 1.48 bits per heavy atom. The van der Waals surface area contributed by atoms with Crippen molar-refractivity contribution < 1.29 is 14.3 Å². The summed E-state index contributed by atoms with van der Waals surface area (Å²) in [7, 11) is 0. The van der Waals surface area contributed by atoms with Crippen molar-refractivity contribution in [3.63, 3.8) is 0 Å². The number of carbonyl (C=O) groups is 1. The van der Waals surface area contributed by atoms with Crippen LogP contribution in [0.15, 0.2) is 0 Å². The van der Waals surface area contributed by atoms with Crippen molar-refractivity contribution >= 4 is 5.97 Å². The predicted molar refractivity (Wildman–Crippen MR) is 74.6 cm³/mol. The van der Waals surface area contributed by atoms with Gasteiger partial charge in [-0.05, 0) is 13.3 Å². The Morgan fingerprint density at radius 2 is 2.33 bits per heavy atom. The number of morpholine rings is 1. The Balaban J connectivity index is 1.66. The quantitative estimate of drug-likeness (QED) is 0.829. The molecule has 0 spiro atoms. The number of carbonyl (C=O) groups excluding carboxylic acids is 1. The number of rotatable bonds is 4. The van der Waals surface area contributed by atoms with Crippen molar-refractivity contribution in [3.05, 3.63) is 11.6 Å². The monoisotopic (exact) mass is 294 g/mol. The maximum Gasteiger partial charge on any atom is 0.323 e. The van der Waals surface area contributed by atoms with Gasteiger partial charge in [-0.15, -0.1) is 0 Å². The van der Waals surface area contributed by atoms with Crippen LogP contribution in [0.25, 0.3) is 0 Å². The Bertz CT molecular complexity index is 504. The van der Waals surface area contributed by atoms with E-state index in [1.54, 1.807) is 0 Å². The van der Waals surface area contributed by atoms with Crippen molar-refractivity contribution in [2.75, 3.05) is 19.7 Å². The Labute approximate surface area is 124 Å². The molecule has 2 saturated heterocycles. The molecule has 0 aliphatic carbocycles. The first-order chi connectivity index (χ1) is 10.2. The lowest BCUT2D eigenvalue weighted by atomic mass is 10.1. The molecular formula is C14H22N4O3. The minimum atomic E-state index is -0.177. The standard InChI is InChI=1S/C14H22N4O3/c1-3-4-12-15-13(17-16-12)11-8-18(5-6-20-11)10-7-9(2)21-14(10)19/h9-11H,3-8H2,1-2H3,(H,15,16,17)/t9-,10-,11-/m0/s1. The maximum absolute atomic E-state index is 11.9. The Morgan fingerprint density at radius 3 is 3.05 bits per heavy atom. The molecule has 3 rings (SSSR count). The summed E-state index contributed by atoms with van der Waals surface area (Å²) >= 11 is 0. The fourth-order valence-electron chi connectivity index (χ4n) is 2.94. The summed E-state index contributed by atoms with van der Waals surface area (Å²) in [5, 5.41) is 7.20. The molecule has 0 saturated carbocycles. The van der Waals surface area contributed by atoms with Crippen molar-refractivity contribution in [2.24, 2.45) is 0 Å². The molecule has 3 heterocycles.